The monoisotopic (exact) mass is 259 g/mol. The molecule has 1 saturated carbocycles. The molecule has 2 aliphatic rings. The number of carboxylic acid groups (broad SMARTS) is 1. The van der Waals surface area contributed by atoms with E-state index >= 15 is 0 Å². The molecule has 1 heterocycles. The maximum absolute atomic E-state index is 10.8. The lowest BCUT2D eigenvalue weighted by Gasteiger charge is -2.21. The lowest BCUT2D eigenvalue weighted by Crippen LogP contribution is -2.39. The van der Waals surface area contributed by atoms with E-state index in [4.69, 9.17) is 9.84 Å². The first-order chi connectivity index (χ1) is 8.20. The van der Waals surface area contributed by atoms with Crippen molar-refractivity contribution in [2.45, 2.75) is 55.6 Å². The minimum absolute atomic E-state index is 0.0826. The van der Waals surface area contributed by atoms with Gasteiger partial charge < -0.3 is 15.2 Å². The summed E-state index contributed by atoms with van der Waals surface area (Å²) >= 11 is 1.93. The van der Waals surface area contributed by atoms with Gasteiger partial charge in [-0.1, -0.05) is 6.42 Å². The predicted molar refractivity (Wildman–Crippen MR) is 68.5 cm³/mol. The molecule has 1 aliphatic carbocycles. The quantitative estimate of drug-likeness (QED) is 0.783. The van der Waals surface area contributed by atoms with Gasteiger partial charge >= 0.3 is 5.97 Å². The van der Waals surface area contributed by atoms with Crippen LogP contribution < -0.4 is 5.32 Å². The number of thioether (sulfide) groups is 1. The minimum atomic E-state index is -0.824. The minimum Gasteiger partial charge on any atom is -0.479 e. The molecular formula is C12H21NO3S. The van der Waals surface area contributed by atoms with Crippen LogP contribution >= 0.6 is 11.8 Å². The average Bonchev–Trinajstić information content (AvgIpc) is 2.95. The predicted octanol–water partition coefficient (Wildman–Crippen LogP) is 1.49. The van der Waals surface area contributed by atoms with Gasteiger partial charge in [-0.3, -0.25) is 0 Å². The maximum Gasteiger partial charge on any atom is 0.332 e. The second-order valence-electron chi connectivity index (χ2n) is 4.88. The van der Waals surface area contributed by atoms with E-state index in [0.29, 0.717) is 17.7 Å². The second-order valence-corrected chi connectivity index (χ2v) is 5.96. The van der Waals surface area contributed by atoms with Gasteiger partial charge in [0, 0.05) is 17.8 Å². The summed E-state index contributed by atoms with van der Waals surface area (Å²) in [6, 6.07) is 0.581. The van der Waals surface area contributed by atoms with Gasteiger partial charge in [0.25, 0.3) is 0 Å². The Hall–Kier alpha value is -0.260. The molecule has 1 aliphatic heterocycles. The van der Waals surface area contributed by atoms with E-state index in [-0.39, 0.29) is 6.10 Å². The van der Waals surface area contributed by atoms with Gasteiger partial charge in [0.15, 0.2) is 6.10 Å². The highest BCUT2D eigenvalue weighted by atomic mass is 32.2. The maximum atomic E-state index is 10.8. The molecule has 0 bridgehead atoms. The third kappa shape index (κ3) is 3.36. The summed E-state index contributed by atoms with van der Waals surface area (Å²) in [5.41, 5.74) is 0. The standard InChI is InChI=1S/C12H21NO3S/c1-17-11-4-2-3-9(11)13-7-8-5-6-10(16-8)12(14)15/h8-11,13H,2-7H2,1H3,(H,14,15). The van der Waals surface area contributed by atoms with Crippen LogP contribution in [0.15, 0.2) is 0 Å². The zero-order valence-electron chi connectivity index (χ0n) is 10.2. The average molecular weight is 259 g/mol. The highest BCUT2D eigenvalue weighted by molar-refractivity contribution is 7.99. The molecule has 0 aromatic carbocycles. The van der Waals surface area contributed by atoms with Crippen LogP contribution in [0.3, 0.4) is 0 Å². The summed E-state index contributed by atoms with van der Waals surface area (Å²) < 4.78 is 5.48. The van der Waals surface area contributed by atoms with Gasteiger partial charge in [-0.05, 0) is 31.9 Å². The van der Waals surface area contributed by atoms with Crippen LogP contribution in [-0.4, -0.2) is 47.4 Å². The number of hydrogen-bond acceptors (Lipinski definition) is 4. The summed E-state index contributed by atoms with van der Waals surface area (Å²) in [6.45, 7) is 0.797. The van der Waals surface area contributed by atoms with Crippen LogP contribution in [-0.2, 0) is 9.53 Å². The summed E-state index contributed by atoms with van der Waals surface area (Å²) in [6.07, 6.45) is 7.01. The molecule has 0 radical (unpaired) electrons. The Labute approximate surface area is 106 Å². The fraction of sp³-hybridized carbons (Fsp3) is 0.917. The molecule has 0 amide bonds. The van der Waals surface area contributed by atoms with Gasteiger partial charge in [0.2, 0.25) is 0 Å². The number of carboxylic acids is 1. The molecule has 4 atom stereocenters. The Morgan fingerprint density at radius 1 is 1.41 bits per heavy atom. The van der Waals surface area contributed by atoms with Crippen LogP contribution in [0, 0.1) is 0 Å². The number of carbonyl (C=O) groups is 1. The molecule has 4 unspecified atom stereocenters. The Bertz CT molecular complexity index is 274. The van der Waals surface area contributed by atoms with Crippen molar-refractivity contribution < 1.29 is 14.6 Å². The van der Waals surface area contributed by atoms with E-state index < -0.39 is 12.1 Å². The topological polar surface area (TPSA) is 58.6 Å². The van der Waals surface area contributed by atoms with E-state index in [0.717, 1.165) is 13.0 Å². The van der Waals surface area contributed by atoms with Crippen molar-refractivity contribution in [1.29, 1.82) is 0 Å². The van der Waals surface area contributed by atoms with Gasteiger partial charge in [0.1, 0.15) is 0 Å². The van der Waals surface area contributed by atoms with Gasteiger partial charge in [0.05, 0.1) is 6.10 Å². The second kappa shape index (κ2) is 6.07. The first-order valence-corrected chi connectivity index (χ1v) is 7.64. The molecular weight excluding hydrogens is 238 g/mol. The Morgan fingerprint density at radius 3 is 2.88 bits per heavy atom. The normalized spacial score (nSPS) is 37.5. The molecule has 0 spiro atoms. The highest BCUT2D eigenvalue weighted by Crippen LogP contribution is 2.28. The molecule has 1 saturated heterocycles. The molecule has 0 aromatic heterocycles. The molecule has 2 rings (SSSR count). The summed E-state index contributed by atoms with van der Waals surface area (Å²) in [5.74, 6) is -0.824. The van der Waals surface area contributed by atoms with Crippen molar-refractivity contribution in [3.05, 3.63) is 0 Å². The fourth-order valence-corrected chi connectivity index (χ4v) is 3.73. The lowest BCUT2D eigenvalue weighted by atomic mass is 10.2. The number of nitrogens with one attached hydrogen (secondary N) is 1. The molecule has 2 fully saturated rings. The number of ether oxygens (including phenoxy) is 1. The molecule has 4 nitrogen and oxygen atoms in total. The van der Waals surface area contributed by atoms with Gasteiger partial charge in [-0.25, -0.2) is 4.79 Å². The molecule has 5 heteroatoms. The first-order valence-electron chi connectivity index (χ1n) is 6.35. The van der Waals surface area contributed by atoms with Crippen LogP contribution in [0.4, 0.5) is 0 Å². The number of hydrogen-bond donors (Lipinski definition) is 2. The summed E-state index contributed by atoms with van der Waals surface area (Å²) in [4.78, 5) is 10.8. The SMILES string of the molecule is CSC1CCCC1NCC1CCC(C(=O)O)O1. The molecule has 0 aromatic rings. The Kier molecular flexibility index (Phi) is 4.70. The lowest BCUT2D eigenvalue weighted by molar-refractivity contribution is -0.149. The fourth-order valence-electron chi connectivity index (χ4n) is 2.76. The van der Waals surface area contributed by atoms with E-state index in [1.165, 1.54) is 19.3 Å². The van der Waals surface area contributed by atoms with E-state index in [1.807, 2.05) is 11.8 Å². The smallest absolute Gasteiger partial charge is 0.332 e. The number of aliphatic carboxylic acids is 1. The van der Waals surface area contributed by atoms with E-state index in [1.54, 1.807) is 0 Å². The van der Waals surface area contributed by atoms with E-state index in [9.17, 15) is 4.79 Å². The zero-order chi connectivity index (χ0) is 12.3. The van der Waals surface area contributed by atoms with Crippen molar-refractivity contribution in [3.8, 4) is 0 Å². The van der Waals surface area contributed by atoms with Gasteiger partial charge in [-0.15, -0.1) is 0 Å². The first kappa shape index (κ1) is 13.2. The largest absolute Gasteiger partial charge is 0.479 e. The van der Waals surface area contributed by atoms with Crippen molar-refractivity contribution in [2.75, 3.05) is 12.8 Å². The van der Waals surface area contributed by atoms with Crippen LogP contribution in [0.2, 0.25) is 0 Å². The molecule has 17 heavy (non-hydrogen) atoms. The Balaban J connectivity index is 1.70. The van der Waals surface area contributed by atoms with Crippen molar-refractivity contribution in [2.24, 2.45) is 0 Å². The summed E-state index contributed by atoms with van der Waals surface area (Å²) in [5, 5.41) is 13.1. The van der Waals surface area contributed by atoms with Crippen LogP contribution in [0.5, 0.6) is 0 Å². The highest BCUT2D eigenvalue weighted by Gasteiger charge is 2.32. The van der Waals surface area contributed by atoms with Crippen LogP contribution in [0.25, 0.3) is 0 Å². The van der Waals surface area contributed by atoms with Gasteiger partial charge in [-0.2, -0.15) is 11.8 Å². The van der Waals surface area contributed by atoms with Crippen molar-refractivity contribution >= 4 is 17.7 Å². The van der Waals surface area contributed by atoms with Crippen molar-refractivity contribution in [3.63, 3.8) is 0 Å². The third-order valence-corrected chi connectivity index (χ3v) is 4.92. The third-order valence-electron chi connectivity index (χ3n) is 3.75. The molecule has 98 valence electrons. The summed E-state index contributed by atoms with van der Waals surface area (Å²) in [7, 11) is 0. The zero-order valence-corrected chi connectivity index (χ0v) is 11.0. The van der Waals surface area contributed by atoms with E-state index in [2.05, 4.69) is 11.6 Å². The van der Waals surface area contributed by atoms with Crippen LogP contribution in [0.1, 0.15) is 32.1 Å². The van der Waals surface area contributed by atoms with Crippen molar-refractivity contribution in [1.82, 2.24) is 5.32 Å². The molecule has 2 N–H and O–H groups in total. The number of rotatable bonds is 5. The Morgan fingerprint density at radius 2 is 2.24 bits per heavy atom.